The van der Waals surface area contributed by atoms with Crippen LogP contribution in [0.1, 0.15) is 31.4 Å². The zero-order chi connectivity index (χ0) is 13.8. The Kier molecular flexibility index (Phi) is 3.86. The molecule has 0 bridgehead atoms. The first-order valence-electron chi connectivity index (χ1n) is 7.35. The largest absolute Gasteiger partial charge is 0.377 e. The van der Waals surface area contributed by atoms with Gasteiger partial charge in [0.1, 0.15) is 5.82 Å². The maximum atomic E-state index is 4.57. The molecular formula is C17H21N3. The quantitative estimate of drug-likeness (QED) is 0.912. The molecular weight excluding hydrogens is 246 g/mol. The molecule has 0 aliphatic carbocycles. The first kappa shape index (κ1) is 13.0. The van der Waals surface area contributed by atoms with Crippen LogP contribution in [0.25, 0.3) is 0 Å². The molecule has 3 nitrogen and oxygen atoms in total. The van der Waals surface area contributed by atoms with E-state index in [0.717, 1.165) is 24.6 Å². The van der Waals surface area contributed by atoms with Crippen LogP contribution in [0.5, 0.6) is 0 Å². The van der Waals surface area contributed by atoms with Crippen LogP contribution in [0.4, 0.5) is 11.5 Å². The van der Waals surface area contributed by atoms with Gasteiger partial charge in [0, 0.05) is 19.1 Å². The lowest BCUT2D eigenvalue weighted by Gasteiger charge is -2.18. The number of pyridine rings is 1. The zero-order valence-electron chi connectivity index (χ0n) is 11.9. The second-order valence-corrected chi connectivity index (χ2v) is 5.38. The molecule has 104 valence electrons. The minimum atomic E-state index is 0.288. The Hall–Kier alpha value is -2.03. The SMILES string of the molecule is CC(Nc1ccc(N2CCCC2)nc1)c1ccccc1. The van der Waals surface area contributed by atoms with Gasteiger partial charge in [0.05, 0.1) is 11.9 Å². The summed E-state index contributed by atoms with van der Waals surface area (Å²) in [4.78, 5) is 6.92. The average Bonchev–Trinajstić information content (AvgIpc) is 3.03. The van der Waals surface area contributed by atoms with Gasteiger partial charge >= 0.3 is 0 Å². The predicted octanol–water partition coefficient (Wildman–Crippen LogP) is 3.85. The van der Waals surface area contributed by atoms with Crippen LogP contribution in [0.2, 0.25) is 0 Å². The number of nitrogens with one attached hydrogen (secondary N) is 1. The highest BCUT2D eigenvalue weighted by molar-refractivity contribution is 5.50. The molecule has 2 aromatic rings. The van der Waals surface area contributed by atoms with Crippen molar-refractivity contribution in [3.05, 3.63) is 54.2 Å². The summed E-state index contributed by atoms with van der Waals surface area (Å²) in [6, 6.07) is 15.0. The second kappa shape index (κ2) is 5.95. The zero-order valence-corrected chi connectivity index (χ0v) is 11.9. The summed E-state index contributed by atoms with van der Waals surface area (Å²) in [7, 11) is 0. The van der Waals surface area contributed by atoms with Crippen molar-refractivity contribution < 1.29 is 0 Å². The topological polar surface area (TPSA) is 28.2 Å². The Bertz CT molecular complexity index is 530. The van der Waals surface area contributed by atoms with Crippen molar-refractivity contribution >= 4 is 11.5 Å². The predicted molar refractivity (Wildman–Crippen MR) is 84.2 cm³/mol. The fourth-order valence-corrected chi connectivity index (χ4v) is 2.68. The van der Waals surface area contributed by atoms with Gasteiger partial charge in [-0.05, 0) is 37.5 Å². The maximum absolute atomic E-state index is 4.57. The fourth-order valence-electron chi connectivity index (χ4n) is 2.68. The van der Waals surface area contributed by atoms with E-state index in [9.17, 15) is 0 Å². The van der Waals surface area contributed by atoms with Gasteiger partial charge in [-0.25, -0.2) is 4.98 Å². The minimum Gasteiger partial charge on any atom is -0.377 e. The summed E-state index contributed by atoms with van der Waals surface area (Å²) in [5.74, 6) is 1.10. The molecule has 1 aliphatic rings. The molecule has 3 heteroatoms. The molecule has 0 saturated carbocycles. The van der Waals surface area contributed by atoms with Crippen LogP contribution < -0.4 is 10.2 Å². The van der Waals surface area contributed by atoms with Crippen LogP contribution in [-0.4, -0.2) is 18.1 Å². The molecule has 0 amide bonds. The highest BCUT2D eigenvalue weighted by Crippen LogP contribution is 2.22. The number of aromatic nitrogens is 1. The molecule has 1 unspecified atom stereocenters. The molecule has 1 aliphatic heterocycles. The van der Waals surface area contributed by atoms with Gasteiger partial charge in [0.25, 0.3) is 0 Å². The van der Waals surface area contributed by atoms with Crippen LogP contribution in [0.3, 0.4) is 0 Å². The maximum Gasteiger partial charge on any atom is 0.128 e. The Balaban J connectivity index is 1.66. The standard InChI is InChI=1S/C17H21N3/c1-14(15-7-3-2-4-8-15)19-16-9-10-17(18-13-16)20-11-5-6-12-20/h2-4,7-10,13-14,19H,5-6,11-12H2,1H3. The van der Waals surface area contributed by atoms with Gasteiger partial charge in [-0.2, -0.15) is 0 Å². The van der Waals surface area contributed by atoms with E-state index in [1.165, 1.54) is 18.4 Å². The molecule has 20 heavy (non-hydrogen) atoms. The number of hydrogen-bond donors (Lipinski definition) is 1. The van der Waals surface area contributed by atoms with Gasteiger partial charge in [-0.1, -0.05) is 30.3 Å². The molecule has 1 aromatic carbocycles. The monoisotopic (exact) mass is 267 g/mol. The summed E-state index contributed by atoms with van der Waals surface area (Å²) in [5.41, 5.74) is 2.36. The van der Waals surface area contributed by atoms with Crippen LogP contribution >= 0.6 is 0 Å². The average molecular weight is 267 g/mol. The first-order valence-corrected chi connectivity index (χ1v) is 7.35. The van der Waals surface area contributed by atoms with E-state index in [0.29, 0.717) is 0 Å². The molecule has 3 rings (SSSR count). The van der Waals surface area contributed by atoms with Crippen molar-refractivity contribution in [1.29, 1.82) is 0 Å². The fraction of sp³-hybridized carbons (Fsp3) is 0.353. The lowest BCUT2D eigenvalue weighted by molar-refractivity contribution is 0.880. The number of rotatable bonds is 4. The highest BCUT2D eigenvalue weighted by Gasteiger charge is 2.13. The van der Waals surface area contributed by atoms with Crippen molar-refractivity contribution in [2.45, 2.75) is 25.8 Å². The van der Waals surface area contributed by atoms with Crippen LogP contribution in [0.15, 0.2) is 48.7 Å². The van der Waals surface area contributed by atoms with E-state index >= 15 is 0 Å². The van der Waals surface area contributed by atoms with Crippen molar-refractivity contribution in [2.75, 3.05) is 23.3 Å². The Labute approximate surface area is 120 Å². The Morgan fingerprint density at radius 2 is 1.80 bits per heavy atom. The number of nitrogens with zero attached hydrogens (tertiary/aromatic N) is 2. The van der Waals surface area contributed by atoms with Crippen molar-refractivity contribution in [2.24, 2.45) is 0 Å². The molecule has 0 spiro atoms. The molecule has 0 radical (unpaired) electrons. The van der Waals surface area contributed by atoms with Crippen LogP contribution in [-0.2, 0) is 0 Å². The molecule has 1 fully saturated rings. The van der Waals surface area contributed by atoms with Crippen molar-refractivity contribution in [3.8, 4) is 0 Å². The first-order chi connectivity index (χ1) is 9.83. The van der Waals surface area contributed by atoms with E-state index in [1.54, 1.807) is 0 Å². The number of benzene rings is 1. The van der Waals surface area contributed by atoms with Gasteiger partial charge in [0.15, 0.2) is 0 Å². The van der Waals surface area contributed by atoms with E-state index in [4.69, 9.17) is 0 Å². The minimum absolute atomic E-state index is 0.288. The third-order valence-electron chi connectivity index (χ3n) is 3.86. The Morgan fingerprint density at radius 3 is 2.45 bits per heavy atom. The van der Waals surface area contributed by atoms with Crippen molar-refractivity contribution in [1.82, 2.24) is 4.98 Å². The third-order valence-corrected chi connectivity index (χ3v) is 3.86. The number of hydrogen-bond acceptors (Lipinski definition) is 3. The second-order valence-electron chi connectivity index (χ2n) is 5.38. The highest BCUT2D eigenvalue weighted by atomic mass is 15.2. The summed E-state index contributed by atoms with van der Waals surface area (Å²) in [6.07, 6.45) is 4.51. The lowest BCUT2D eigenvalue weighted by atomic mass is 10.1. The third kappa shape index (κ3) is 2.93. The van der Waals surface area contributed by atoms with Gasteiger partial charge in [0.2, 0.25) is 0 Å². The van der Waals surface area contributed by atoms with Gasteiger partial charge in [-0.3, -0.25) is 0 Å². The Morgan fingerprint density at radius 1 is 1.05 bits per heavy atom. The normalized spacial score (nSPS) is 16.1. The van der Waals surface area contributed by atoms with Gasteiger partial charge in [-0.15, -0.1) is 0 Å². The van der Waals surface area contributed by atoms with Crippen molar-refractivity contribution in [3.63, 3.8) is 0 Å². The summed E-state index contributed by atoms with van der Waals surface area (Å²) in [6.45, 7) is 4.45. The summed E-state index contributed by atoms with van der Waals surface area (Å²) >= 11 is 0. The van der Waals surface area contributed by atoms with E-state index in [1.807, 2.05) is 12.3 Å². The smallest absolute Gasteiger partial charge is 0.128 e. The summed E-state index contributed by atoms with van der Waals surface area (Å²) < 4.78 is 0. The lowest BCUT2D eigenvalue weighted by Crippen LogP contribution is -2.18. The molecule has 1 atom stereocenters. The van der Waals surface area contributed by atoms with Crippen LogP contribution in [0, 0.1) is 0 Å². The number of anilines is 2. The molecule has 1 aromatic heterocycles. The molecule has 2 heterocycles. The summed E-state index contributed by atoms with van der Waals surface area (Å²) in [5, 5.41) is 3.49. The van der Waals surface area contributed by atoms with E-state index in [2.05, 4.69) is 58.5 Å². The van der Waals surface area contributed by atoms with E-state index < -0.39 is 0 Å². The van der Waals surface area contributed by atoms with E-state index in [-0.39, 0.29) is 6.04 Å². The molecule has 1 saturated heterocycles. The molecule has 1 N–H and O–H groups in total. The van der Waals surface area contributed by atoms with Gasteiger partial charge < -0.3 is 10.2 Å².